The van der Waals surface area contributed by atoms with Crippen LogP contribution in [0.4, 0.5) is 0 Å². The van der Waals surface area contributed by atoms with Gasteiger partial charge in [0.15, 0.2) is 0 Å². The molecule has 0 aromatic carbocycles. The summed E-state index contributed by atoms with van der Waals surface area (Å²) in [6.07, 6.45) is 6.89. The molecule has 1 aliphatic rings. The average Bonchev–Trinajstić information content (AvgIpc) is 2.15. The second kappa shape index (κ2) is 4.97. The Bertz CT molecular complexity index is 141. The summed E-state index contributed by atoms with van der Waals surface area (Å²) in [4.78, 5) is 0. The maximum Gasteiger partial charge on any atom is 0.0621 e. The van der Waals surface area contributed by atoms with Gasteiger partial charge in [-0.2, -0.15) is 0 Å². The molecule has 0 aromatic rings. The fraction of sp³-hybridized carbons (Fsp3) is 1.00. The van der Waals surface area contributed by atoms with Crippen molar-refractivity contribution in [1.29, 1.82) is 0 Å². The van der Waals surface area contributed by atoms with Crippen molar-refractivity contribution in [3.8, 4) is 0 Å². The topological polar surface area (TPSA) is 21.3 Å². The van der Waals surface area contributed by atoms with Crippen LogP contribution in [0.25, 0.3) is 0 Å². The number of nitrogens with one attached hydrogen (secondary N) is 1. The van der Waals surface area contributed by atoms with Gasteiger partial charge in [-0.25, -0.2) is 0 Å². The molecule has 1 rings (SSSR count). The Kier molecular flexibility index (Phi) is 4.20. The molecule has 13 heavy (non-hydrogen) atoms. The molecule has 1 unspecified atom stereocenters. The number of hydrogen-bond acceptors (Lipinski definition) is 2. The summed E-state index contributed by atoms with van der Waals surface area (Å²) in [5.74, 6) is 0. The third kappa shape index (κ3) is 2.68. The Labute approximate surface area is 82.0 Å². The highest BCUT2D eigenvalue weighted by Crippen LogP contribution is 2.38. The minimum absolute atomic E-state index is 0.461. The van der Waals surface area contributed by atoms with Crippen molar-refractivity contribution >= 4 is 0 Å². The molecule has 0 amide bonds. The van der Waals surface area contributed by atoms with Gasteiger partial charge < -0.3 is 10.1 Å². The lowest BCUT2D eigenvalue weighted by molar-refractivity contribution is 0.0734. The molecule has 1 atom stereocenters. The molecule has 2 heteroatoms. The SMILES string of the molecule is CNC(COC)C1(C)CCCCC1. The first-order valence-electron chi connectivity index (χ1n) is 5.39. The molecule has 0 radical (unpaired) electrons. The summed E-state index contributed by atoms with van der Waals surface area (Å²) >= 11 is 0. The van der Waals surface area contributed by atoms with E-state index >= 15 is 0 Å². The van der Waals surface area contributed by atoms with Crippen LogP contribution in [0, 0.1) is 5.41 Å². The van der Waals surface area contributed by atoms with E-state index in [1.165, 1.54) is 32.1 Å². The first-order chi connectivity index (χ1) is 6.23. The zero-order valence-electron chi connectivity index (χ0n) is 9.23. The first kappa shape index (κ1) is 11.0. The molecule has 2 nitrogen and oxygen atoms in total. The molecular formula is C11H23NO. The van der Waals surface area contributed by atoms with Gasteiger partial charge in [0.25, 0.3) is 0 Å². The lowest BCUT2D eigenvalue weighted by Gasteiger charge is -2.40. The van der Waals surface area contributed by atoms with Gasteiger partial charge in [-0.05, 0) is 25.3 Å². The van der Waals surface area contributed by atoms with Gasteiger partial charge in [-0.1, -0.05) is 26.2 Å². The molecule has 1 fully saturated rings. The van der Waals surface area contributed by atoms with E-state index in [-0.39, 0.29) is 0 Å². The van der Waals surface area contributed by atoms with Crippen LogP contribution >= 0.6 is 0 Å². The quantitative estimate of drug-likeness (QED) is 0.725. The maximum absolute atomic E-state index is 5.25. The third-order valence-corrected chi connectivity index (χ3v) is 3.52. The molecule has 0 spiro atoms. The predicted molar refractivity (Wildman–Crippen MR) is 55.9 cm³/mol. The van der Waals surface area contributed by atoms with E-state index in [1.54, 1.807) is 7.11 Å². The number of likely N-dealkylation sites (N-methyl/N-ethyl adjacent to an activating group) is 1. The highest BCUT2D eigenvalue weighted by atomic mass is 16.5. The van der Waals surface area contributed by atoms with E-state index in [9.17, 15) is 0 Å². The molecule has 0 bridgehead atoms. The van der Waals surface area contributed by atoms with E-state index < -0.39 is 0 Å². The van der Waals surface area contributed by atoms with E-state index in [0.29, 0.717) is 11.5 Å². The first-order valence-corrected chi connectivity index (χ1v) is 5.39. The zero-order valence-corrected chi connectivity index (χ0v) is 9.23. The normalized spacial score (nSPS) is 24.2. The molecular weight excluding hydrogens is 162 g/mol. The number of hydrogen-bond donors (Lipinski definition) is 1. The molecule has 1 aliphatic carbocycles. The van der Waals surface area contributed by atoms with Gasteiger partial charge in [-0.3, -0.25) is 0 Å². The smallest absolute Gasteiger partial charge is 0.0621 e. The number of rotatable bonds is 4. The minimum atomic E-state index is 0.461. The lowest BCUT2D eigenvalue weighted by Crippen LogP contribution is -2.46. The van der Waals surface area contributed by atoms with Crippen LogP contribution in [-0.4, -0.2) is 26.8 Å². The highest BCUT2D eigenvalue weighted by Gasteiger charge is 2.34. The van der Waals surface area contributed by atoms with Gasteiger partial charge in [-0.15, -0.1) is 0 Å². The Morgan fingerprint density at radius 3 is 2.38 bits per heavy atom. The molecule has 0 saturated heterocycles. The van der Waals surface area contributed by atoms with Crippen molar-refractivity contribution in [3.63, 3.8) is 0 Å². The van der Waals surface area contributed by atoms with Gasteiger partial charge >= 0.3 is 0 Å². The molecule has 1 saturated carbocycles. The molecule has 0 aliphatic heterocycles. The van der Waals surface area contributed by atoms with Crippen LogP contribution < -0.4 is 5.32 Å². The van der Waals surface area contributed by atoms with Gasteiger partial charge in [0, 0.05) is 13.2 Å². The zero-order chi connectivity index (χ0) is 9.73. The van der Waals surface area contributed by atoms with Crippen molar-refractivity contribution in [2.75, 3.05) is 20.8 Å². The largest absolute Gasteiger partial charge is 0.383 e. The van der Waals surface area contributed by atoms with Crippen LogP contribution in [0.1, 0.15) is 39.0 Å². The highest BCUT2D eigenvalue weighted by molar-refractivity contribution is 4.89. The van der Waals surface area contributed by atoms with Crippen molar-refractivity contribution in [2.45, 2.75) is 45.1 Å². The van der Waals surface area contributed by atoms with Crippen molar-refractivity contribution in [3.05, 3.63) is 0 Å². The van der Waals surface area contributed by atoms with Gasteiger partial charge in [0.1, 0.15) is 0 Å². The predicted octanol–water partition coefficient (Wildman–Crippen LogP) is 2.19. The maximum atomic E-state index is 5.25. The van der Waals surface area contributed by atoms with Crippen LogP contribution in [-0.2, 0) is 4.74 Å². The third-order valence-electron chi connectivity index (χ3n) is 3.52. The van der Waals surface area contributed by atoms with E-state index in [2.05, 4.69) is 12.2 Å². The second-order valence-corrected chi connectivity index (χ2v) is 4.51. The van der Waals surface area contributed by atoms with Crippen LogP contribution in [0.2, 0.25) is 0 Å². The Morgan fingerprint density at radius 2 is 1.92 bits per heavy atom. The van der Waals surface area contributed by atoms with Crippen LogP contribution in [0.5, 0.6) is 0 Å². The summed E-state index contributed by atoms with van der Waals surface area (Å²) < 4.78 is 5.25. The standard InChI is InChI=1S/C11H23NO/c1-11(7-5-4-6-8-11)10(12-2)9-13-3/h10,12H,4-9H2,1-3H3. The fourth-order valence-corrected chi connectivity index (χ4v) is 2.51. The Balaban J connectivity index is 2.52. The Hall–Kier alpha value is -0.0800. The van der Waals surface area contributed by atoms with E-state index in [1.807, 2.05) is 7.05 Å². The van der Waals surface area contributed by atoms with Crippen LogP contribution in [0.3, 0.4) is 0 Å². The fourth-order valence-electron chi connectivity index (χ4n) is 2.51. The van der Waals surface area contributed by atoms with Gasteiger partial charge in [0.05, 0.1) is 6.61 Å². The number of methoxy groups -OCH3 is 1. The average molecular weight is 185 g/mol. The van der Waals surface area contributed by atoms with Crippen LogP contribution in [0.15, 0.2) is 0 Å². The summed E-state index contributed by atoms with van der Waals surface area (Å²) in [5.41, 5.74) is 0.461. The molecule has 0 heterocycles. The molecule has 0 aromatic heterocycles. The summed E-state index contributed by atoms with van der Waals surface area (Å²) in [6.45, 7) is 3.24. The second-order valence-electron chi connectivity index (χ2n) is 4.51. The van der Waals surface area contributed by atoms with Crippen molar-refractivity contribution in [2.24, 2.45) is 5.41 Å². The molecule has 1 N–H and O–H groups in total. The van der Waals surface area contributed by atoms with E-state index in [0.717, 1.165) is 6.61 Å². The molecule has 78 valence electrons. The minimum Gasteiger partial charge on any atom is -0.383 e. The van der Waals surface area contributed by atoms with Crippen molar-refractivity contribution < 1.29 is 4.74 Å². The van der Waals surface area contributed by atoms with Crippen molar-refractivity contribution in [1.82, 2.24) is 5.32 Å². The lowest BCUT2D eigenvalue weighted by atomic mass is 9.71. The Morgan fingerprint density at radius 1 is 1.31 bits per heavy atom. The summed E-state index contributed by atoms with van der Waals surface area (Å²) in [7, 11) is 3.83. The summed E-state index contributed by atoms with van der Waals surface area (Å²) in [6, 6.07) is 0.526. The van der Waals surface area contributed by atoms with E-state index in [4.69, 9.17) is 4.74 Å². The number of ether oxygens (including phenoxy) is 1. The van der Waals surface area contributed by atoms with Gasteiger partial charge in [0.2, 0.25) is 0 Å². The monoisotopic (exact) mass is 185 g/mol. The summed E-state index contributed by atoms with van der Waals surface area (Å²) in [5, 5.41) is 3.39.